The molecule has 0 unspecified atom stereocenters. The number of para-hydroxylation sites is 1. The summed E-state index contributed by atoms with van der Waals surface area (Å²) in [6, 6.07) is 7.99. The van der Waals surface area contributed by atoms with Crippen LogP contribution in [0.25, 0.3) is 0 Å². The lowest BCUT2D eigenvalue weighted by Gasteiger charge is -2.13. The van der Waals surface area contributed by atoms with E-state index in [9.17, 15) is 23.3 Å². The third-order valence-electron chi connectivity index (χ3n) is 3.18. The Labute approximate surface area is 141 Å². The second-order valence-corrected chi connectivity index (χ2v) is 4.84. The second kappa shape index (κ2) is 8.22. The fourth-order valence-electron chi connectivity index (χ4n) is 2.16. The summed E-state index contributed by atoms with van der Waals surface area (Å²) in [7, 11) is 0. The average Bonchev–Trinajstić information content (AvgIpc) is 2.54. The van der Waals surface area contributed by atoms with Gasteiger partial charge in [0, 0.05) is 6.54 Å². The number of nitro benzene ring substituents is 1. The standard InChI is InChI=1S/C16H15F3N2O4/c1-2-24-14-8-10(6-7-13(14)25-16(18)19)9-20-12-5-3-4-11(17)15(12)21(22)23/h3-8,16,20H,2,9H2,1H3. The highest BCUT2D eigenvalue weighted by atomic mass is 19.3. The van der Waals surface area contributed by atoms with Gasteiger partial charge in [0.05, 0.1) is 11.5 Å². The van der Waals surface area contributed by atoms with Crippen LogP contribution in [-0.4, -0.2) is 18.1 Å². The van der Waals surface area contributed by atoms with E-state index in [-0.39, 0.29) is 30.3 Å². The molecule has 0 bridgehead atoms. The molecular weight excluding hydrogens is 341 g/mol. The van der Waals surface area contributed by atoms with Crippen molar-refractivity contribution in [3.63, 3.8) is 0 Å². The van der Waals surface area contributed by atoms with Gasteiger partial charge in [-0.3, -0.25) is 10.1 Å². The quantitative estimate of drug-likeness (QED) is 0.562. The lowest BCUT2D eigenvalue weighted by atomic mass is 10.2. The van der Waals surface area contributed by atoms with Crippen LogP contribution in [0, 0.1) is 15.9 Å². The number of ether oxygens (including phenoxy) is 2. The van der Waals surface area contributed by atoms with Crippen molar-refractivity contribution in [3.8, 4) is 11.5 Å². The van der Waals surface area contributed by atoms with Crippen LogP contribution in [0.4, 0.5) is 24.5 Å². The second-order valence-electron chi connectivity index (χ2n) is 4.84. The Balaban J connectivity index is 2.20. The van der Waals surface area contributed by atoms with E-state index in [2.05, 4.69) is 10.1 Å². The molecule has 25 heavy (non-hydrogen) atoms. The molecule has 0 spiro atoms. The normalized spacial score (nSPS) is 10.6. The van der Waals surface area contributed by atoms with Crippen LogP contribution in [0.2, 0.25) is 0 Å². The number of alkyl halides is 2. The summed E-state index contributed by atoms with van der Waals surface area (Å²) >= 11 is 0. The van der Waals surface area contributed by atoms with Crippen molar-refractivity contribution in [1.29, 1.82) is 0 Å². The van der Waals surface area contributed by atoms with E-state index in [4.69, 9.17) is 4.74 Å². The van der Waals surface area contributed by atoms with Gasteiger partial charge in [-0.1, -0.05) is 12.1 Å². The van der Waals surface area contributed by atoms with Crippen molar-refractivity contribution >= 4 is 11.4 Å². The summed E-state index contributed by atoms with van der Waals surface area (Å²) in [6.45, 7) is -0.962. The molecule has 2 aromatic rings. The zero-order chi connectivity index (χ0) is 18.4. The largest absolute Gasteiger partial charge is 0.490 e. The maximum Gasteiger partial charge on any atom is 0.387 e. The smallest absolute Gasteiger partial charge is 0.387 e. The van der Waals surface area contributed by atoms with Gasteiger partial charge < -0.3 is 14.8 Å². The van der Waals surface area contributed by atoms with E-state index in [1.54, 1.807) is 6.92 Å². The minimum absolute atomic E-state index is 0.0101. The van der Waals surface area contributed by atoms with Crippen molar-refractivity contribution in [1.82, 2.24) is 0 Å². The number of halogens is 3. The number of nitrogens with one attached hydrogen (secondary N) is 1. The number of anilines is 1. The van der Waals surface area contributed by atoms with Crippen LogP contribution in [-0.2, 0) is 6.54 Å². The Bertz CT molecular complexity index is 756. The Morgan fingerprint density at radius 2 is 2.00 bits per heavy atom. The molecule has 0 radical (unpaired) electrons. The van der Waals surface area contributed by atoms with Gasteiger partial charge >= 0.3 is 12.3 Å². The van der Waals surface area contributed by atoms with Crippen molar-refractivity contribution in [2.24, 2.45) is 0 Å². The molecule has 134 valence electrons. The Morgan fingerprint density at radius 1 is 1.24 bits per heavy atom. The van der Waals surface area contributed by atoms with Crippen LogP contribution in [0.15, 0.2) is 36.4 Å². The average molecular weight is 356 g/mol. The van der Waals surface area contributed by atoms with Gasteiger partial charge in [0.1, 0.15) is 5.69 Å². The minimum Gasteiger partial charge on any atom is -0.490 e. The van der Waals surface area contributed by atoms with Gasteiger partial charge in [-0.2, -0.15) is 13.2 Å². The monoisotopic (exact) mass is 356 g/mol. The van der Waals surface area contributed by atoms with Gasteiger partial charge in [0.25, 0.3) is 0 Å². The number of hydrogen-bond donors (Lipinski definition) is 1. The summed E-state index contributed by atoms with van der Waals surface area (Å²) in [6.07, 6.45) is 0. The fourth-order valence-corrected chi connectivity index (χ4v) is 2.16. The zero-order valence-electron chi connectivity index (χ0n) is 13.2. The van der Waals surface area contributed by atoms with E-state index in [1.165, 1.54) is 30.3 Å². The molecule has 2 aromatic carbocycles. The lowest BCUT2D eigenvalue weighted by Crippen LogP contribution is -2.07. The number of hydrogen-bond acceptors (Lipinski definition) is 5. The molecular formula is C16H15F3N2O4. The van der Waals surface area contributed by atoms with Crippen molar-refractivity contribution < 1.29 is 27.6 Å². The molecule has 6 nitrogen and oxygen atoms in total. The summed E-state index contributed by atoms with van der Waals surface area (Å²) < 4.78 is 48.0. The maximum absolute atomic E-state index is 13.6. The first kappa shape index (κ1) is 18.4. The lowest BCUT2D eigenvalue weighted by molar-refractivity contribution is -0.386. The van der Waals surface area contributed by atoms with Gasteiger partial charge in [-0.25, -0.2) is 0 Å². The summed E-state index contributed by atoms with van der Waals surface area (Å²) in [5, 5.41) is 13.7. The van der Waals surface area contributed by atoms with Crippen LogP contribution >= 0.6 is 0 Å². The predicted molar refractivity (Wildman–Crippen MR) is 84.6 cm³/mol. The molecule has 0 fully saturated rings. The summed E-state index contributed by atoms with van der Waals surface area (Å²) in [4.78, 5) is 10.1. The fraction of sp³-hybridized carbons (Fsp3) is 0.250. The molecule has 0 saturated carbocycles. The Hall–Kier alpha value is -2.97. The van der Waals surface area contributed by atoms with E-state index in [0.717, 1.165) is 6.07 Å². The third kappa shape index (κ3) is 4.75. The van der Waals surface area contributed by atoms with Crippen LogP contribution in [0.3, 0.4) is 0 Å². The molecule has 1 N–H and O–H groups in total. The van der Waals surface area contributed by atoms with Crippen LogP contribution in [0.1, 0.15) is 12.5 Å². The molecule has 0 amide bonds. The topological polar surface area (TPSA) is 73.6 Å². The minimum atomic E-state index is -2.99. The van der Waals surface area contributed by atoms with E-state index in [1.807, 2.05) is 0 Å². The number of nitrogens with zero attached hydrogens (tertiary/aromatic N) is 1. The van der Waals surface area contributed by atoms with Crippen molar-refractivity contribution in [2.45, 2.75) is 20.1 Å². The zero-order valence-corrected chi connectivity index (χ0v) is 13.2. The summed E-state index contributed by atoms with van der Waals surface area (Å²) in [5.74, 6) is -0.945. The van der Waals surface area contributed by atoms with E-state index in [0.29, 0.717) is 5.56 Å². The van der Waals surface area contributed by atoms with Gasteiger partial charge in [-0.05, 0) is 36.8 Å². The molecule has 0 heterocycles. The maximum atomic E-state index is 13.6. The SMILES string of the molecule is CCOc1cc(CNc2cccc(F)c2[N+](=O)[O-])ccc1OC(F)F. The van der Waals surface area contributed by atoms with Crippen LogP contribution < -0.4 is 14.8 Å². The van der Waals surface area contributed by atoms with E-state index < -0.39 is 23.0 Å². The first-order valence-electron chi connectivity index (χ1n) is 7.29. The Kier molecular flexibility index (Phi) is 6.04. The molecule has 2 rings (SSSR count). The Morgan fingerprint density at radius 3 is 2.64 bits per heavy atom. The first-order chi connectivity index (χ1) is 11.9. The molecule has 0 aromatic heterocycles. The highest BCUT2D eigenvalue weighted by molar-refractivity contribution is 5.62. The molecule has 0 saturated heterocycles. The van der Waals surface area contributed by atoms with Crippen LogP contribution in [0.5, 0.6) is 11.5 Å². The number of rotatable bonds is 8. The van der Waals surface area contributed by atoms with Gasteiger partial charge in [0.2, 0.25) is 5.82 Å². The molecule has 0 atom stereocenters. The summed E-state index contributed by atoms with van der Waals surface area (Å²) in [5.41, 5.74) is -0.0651. The molecule has 0 aliphatic rings. The van der Waals surface area contributed by atoms with Crippen molar-refractivity contribution in [3.05, 3.63) is 57.9 Å². The first-order valence-corrected chi connectivity index (χ1v) is 7.29. The third-order valence-corrected chi connectivity index (χ3v) is 3.18. The highest BCUT2D eigenvalue weighted by Gasteiger charge is 2.19. The van der Waals surface area contributed by atoms with Gasteiger partial charge in [0.15, 0.2) is 11.5 Å². The highest BCUT2D eigenvalue weighted by Crippen LogP contribution is 2.31. The number of benzene rings is 2. The molecule has 9 heteroatoms. The van der Waals surface area contributed by atoms with E-state index >= 15 is 0 Å². The van der Waals surface area contributed by atoms with Crippen molar-refractivity contribution in [2.75, 3.05) is 11.9 Å². The predicted octanol–water partition coefficient (Wildman–Crippen LogP) is 4.35. The molecule has 0 aliphatic carbocycles. The van der Waals surface area contributed by atoms with Gasteiger partial charge in [-0.15, -0.1) is 0 Å². The number of nitro groups is 1. The molecule has 0 aliphatic heterocycles.